The van der Waals surface area contributed by atoms with Crippen molar-refractivity contribution in [2.24, 2.45) is 0 Å². The fourth-order valence-electron chi connectivity index (χ4n) is 2.55. The van der Waals surface area contributed by atoms with E-state index in [1.165, 1.54) is 11.8 Å². The highest BCUT2D eigenvalue weighted by Gasteiger charge is 2.26. The molecule has 1 aliphatic rings. The quantitative estimate of drug-likeness (QED) is 0.917. The number of carbonyl (C=O) groups excluding carboxylic acids is 2. The molecule has 1 aromatic heterocycles. The minimum absolute atomic E-state index is 0.307. The predicted octanol–water partition coefficient (Wildman–Crippen LogP) is 2.24. The molecule has 0 fully saturated rings. The van der Waals surface area contributed by atoms with E-state index in [0.29, 0.717) is 11.3 Å². The van der Waals surface area contributed by atoms with Gasteiger partial charge < -0.3 is 5.32 Å². The van der Waals surface area contributed by atoms with Gasteiger partial charge >= 0.3 is 0 Å². The molecule has 0 atom stereocenters. The van der Waals surface area contributed by atoms with Crippen molar-refractivity contribution >= 4 is 23.2 Å². The third-order valence-corrected chi connectivity index (χ3v) is 3.51. The van der Waals surface area contributed by atoms with E-state index in [4.69, 9.17) is 0 Å². The van der Waals surface area contributed by atoms with Crippen molar-refractivity contribution in [1.29, 1.82) is 0 Å². The largest absolute Gasteiger partial charge is 0.383 e. The van der Waals surface area contributed by atoms with Gasteiger partial charge in [0.2, 0.25) is 5.91 Å². The zero-order valence-electron chi connectivity index (χ0n) is 11.7. The Morgan fingerprint density at radius 1 is 1.19 bits per heavy atom. The summed E-state index contributed by atoms with van der Waals surface area (Å²) in [4.78, 5) is 29.8. The average molecular weight is 281 g/mol. The summed E-state index contributed by atoms with van der Waals surface area (Å²) in [5, 5.41) is 3.25. The van der Waals surface area contributed by atoms with Crippen molar-refractivity contribution in [2.75, 3.05) is 16.8 Å². The number of nitrogens with one attached hydrogen (secondary N) is 1. The first-order valence-electron chi connectivity index (χ1n) is 6.79. The number of nitrogens with zero attached hydrogens (tertiary/aromatic N) is 2. The Labute approximate surface area is 122 Å². The maximum absolute atomic E-state index is 12.6. The van der Waals surface area contributed by atoms with Crippen LogP contribution in [0.5, 0.6) is 0 Å². The molecule has 5 heteroatoms. The fourth-order valence-corrected chi connectivity index (χ4v) is 2.55. The van der Waals surface area contributed by atoms with Crippen LogP contribution < -0.4 is 10.2 Å². The van der Waals surface area contributed by atoms with Crippen molar-refractivity contribution in [3.8, 4) is 0 Å². The minimum Gasteiger partial charge on any atom is -0.383 e. The van der Waals surface area contributed by atoms with Crippen LogP contribution in [0.2, 0.25) is 0 Å². The summed E-state index contributed by atoms with van der Waals surface area (Å²) in [6.45, 7) is 2.22. The molecule has 2 amide bonds. The van der Waals surface area contributed by atoms with Crippen molar-refractivity contribution in [3.63, 3.8) is 0 Å². The molecule has 0 saturated heterocycles. The van der Waals surface area contributed by atoms with E-state index < -0.39 is 0 Å². The van der Waals surface area contributed by atoms with Gasteiger partial charge in [0.1, 0.15) is 0 Å². The Balaban J connectivity index is 2.06. The second-order valence-corrected chi connectivity index (χ2v) is 4.88. The van der Waals surface area contributed by atoms with E-state index >= 15 is 0 Å². The summed E-state index contributed by atoms with van der Waals surface area (Å²) in [5.41, 5.74) is 3.05. The number of hydrogen-bond donors (Lipinski definition) is 1. The molecule has 1 N–H and O–H groups in total. The maximum Gasteiger partial charge on any atom is 0.265 e. The maximum atomic E-state index is 12.6. The van der Waals surface area contributed by atoms with Crippen LogP contribution in [0.1, 0.15) is 22.8 Å². The number of carbonyl (C=O) groups is 2. The first kappa shape index (κ1) is 13.3. The van der Waals surface area contributed by atoms with Gasteiger partial charge in [-0.25, -0.2) is 4.90 Å². The van der Waals surface area contributed by atoms with Crippen LogP contribution in [0.4, 0.5) is 11.4 Å². The zero-order chi connectivity index (χ0) is 14.8. The lowest BCUT2D eigenvalue weighted by molar-refractivity contribution is -0.115. The van der Waals surface area contributed by atoms with Crippen LogP contribution in [0.25, 0.3) is 0 Å². The van der Waals surface area contributed by atoms with Crippen LogP contribution in [0.15, 0.2) is 42.7 Å². The van der Waals surface area contributed by atoms with Gasteiger partial charge in [-0.1, -0.05) is 12.1 Å². The molecule has 0 bridgehead atoms. The van der Waals surface area contributed by atoms with E-state index in [9.17, 15) is 9.59 Å². The zero-order valence-corrected chi connectivity index (χ0v) is 11.7. The number of amides is 2. The Bertz CT molecular complexity index is 698. The molecule has 106 valence electrons. The van der Waals surface area contributed by atoms with Crippen LogP contribution in [-0.2, 0) is 11.2 Å². The van der Waals surface area contributed by atoms with Gasteiger partial charge in [0.05, 0.1) is 11.4 Å². The second kappa shape index (κ2) is 5.36. The summed E-state index contributed by atoms with van der Waals surface area (Å²) in [6, 6.07) is 8.88. The van der Waals surface area contributed by atoms with E-state index in [1.54, 1.807) is 30.6 Å². The normalized spacial score (nSPS) is 12.4. The topological polar surface area (TPSA) is 62.3 Å². The molecule has 21 heavy (non-hydrogen) atoms. The standard InChI is InChI=1S/C16H15N3O2/c1-11(20)19(16(21)13-5-8-17-9-6-13)14-4-2-3-12-7-10-18-15(12)14/h2-6,8-9,18H,7,10H2,1H3. The molecule has 0 saturated carbocycles. The lowest BCUT2D eigenvalue weighted by Crippen LogP contribution is -2.35. The SMILES string of the molecule is CC(=O)N(C(=O)c1ccncc1)c1cccc2c1NCC2. The number of hydrogen-bond acceptors (Lipinski definition) is 4. The molecule has 0 unspecified atom stereocenters. The highest BCUT2D eigenvalue weighted by Crippen LogP contribution is 2.34. The van der Waals surface area contributed by atoms with Crippen molar-refractivity contribution in [2.45, 2.75) is 13.3 Å². The molecule has 1 aliphatic heterocycles. The van der Waals surface area contributed by atoms with E-state index in [-0.39, 0.29) is 11.8 Å². The van der Waals surface area contributed by atoms with Crippen LogP contribution in [0.3, 0.4) is 0 Å². The number of aromatic nitrogens is 1. The highest BCUT2D eigenvalue weighted by molar-refractivity contribution is 6.22. The van der Waals surface area contributed by atoms with Crippen molar-refractivity contribution in [3.05, 3.63) is 53.9 Å². The average Bonchev–Trinajstić information content (AvgIpc) is 2.97. The minimum atomic E-state index is -0.341. The summed E-state index contributed by atoms with van der Waals surface area (Å²) in [5.74, 6) is -0.647. The molecular weight excluding hydrogens is 266 g/mol. The van der Waals surface area contributed by atoms with Gasteiger partial charge in [0.15, 0.2) is 0 Å². The van der Waals surface area contributed by atoms with Gasteiger partial charge in [-0.3, -0.25) is 14.6 Å². The summed E-state index contributed by atoms with van der Waals surface area (Å²) in [6.07, 6.45) is 3.98. The van der Waals surface area contributed by atoms with Crippen molar-refractivity contribution < 1.29 is 9.59 Å². The molecule has 3 rings (SSSR count). The highest BCUT2D eigenvalue weighted by atomic mass is 16.2. The van der Waals surface area contributed by atoms with Gasteiger partial charge in [-0.15, -0.1) is 0 Å². The molecule has 1 aromatic carbocycles. The third kappa shape index (κ3) is 2.38. The fraction of sp³-hybridized carbons (Fsp3) is 0.188. The molecular formula is C16H15N3O2. The van der Waals surface area contributed by atoms with Gasteiger partial charge in [0, 0.05) is 31.4 Å². The van der Waals surface area contributed by atoms with Crippen LogP contribution >= 0.6 is 0 Å². The van der Waals surface area contributed by atoms with E-state index in [1.807, 2.05) is 12.1 Å². The number of benzene rings is 1. The molecule has 2 heterocycles. The van der Waals surface area contributed by atoms with Crippen LogP contribution in [0, 0.1) is 0 Å². The van der Waals surface area contributed by atoms with Gasteiger partial charge in [0.25, 0.3) is 5.91 Å². The Kier molecular flexibility index (Phi) is 3.39. The number of rotatable bonds is 2. The number of anilines is 2. The Hall–Kier alpha value is -2.69. The predicted molar refractivity (Wildman–Crippen MR) is 80.4 cm³/mol. The van der Waals surface area contributed by atoms with E-state index in [2.05, 4.69) is 10.3 Å². The first-order chi connectivity index (χ1) is 10.2. The summed E-state index contributed by atoms with van der Waals surface area (Å²) in [7, 11) is 0. The monoisotopic (exact) mass is 281 g/mol. The lowest BCUT2D eigenvalue weighted by atomic mass is 10.1. The number of pyridine rings is 1. The number of imide groups is 1. The number of fused-ring (bicyclic) bond motifs is 1. The molecule has 0 radical (unpaired) electrons. The van der Waals surface area contributed by atoms with Crippen molar-refractivity contribution in [1.82, 2.24) is 4.98 Å². The van der Waals surface area contributed by atoms with Gasteiger partial charge in [-0.2, -0.15) is 0 Å². The molecule has 5 nitrogen and oxygen atoms in total. The second-order valence-electron chi connectivity index (χ2n) is 4.88. The lowest BCUT2D eigenvalue weighted by Gasteiger charge is -2.22. The van der Waals surface area contributed by atoms with E-state index in [0.717, 1.165) is 24.2 Å². The Morgan fingerprint density at radius 3 is 2.67 bits per heavy atom. The molecule has 2 aromatic rings. The molecule has 0 aliphatic carbocycles. The third-order valence-electron chi connectivity index (χ3n) is 3.51. The smallest absolute Gasteiger partial charge is 0.265 e. The Morgan fingerprint density at radius 2 is 1.95 bits per heavy atom. The van der Waals surface area contributed by atoms with Gasteiger partial charge in [-0.05, 0) is 30.2 Å². The first-order valence-corrected chi connectivity index (χ1v) is 6.79. The number of para-hydroxylation sites is 1. The molecule has 0 spiro atoms. The summed E-state index contributed by atoms with van der Waals surface area (Å²) >= 11 is 0. The summed E-state index contributed by atoms with van der Waals surface area (Å²) < 4.78 is 0. The van der Waals surface area contributed by atoms with Crippen LogP contribution in [-0.4, -0.2) is 23.3 Å².